The second kappa shape index (κ2) is 7.88. The normalized spacial score (nSPS) is 25.3. The Morgan fingerprint density at radius 1 is 1.28 bits per heavy atom. The number of benzene rings is 1. The number of anilines is 1. The van der Waals surface area contributed by atoms with E-state index in [0.717, 1.165) is 25.7 Å². The highest BCUT2D eigenvalue weighted by Crippen LogP contribution is 2.56. The predicted octanol–water partition coefficient (Wildman–Crippen LogP) is 4.15. The van der Waals surface area contributed by atoms with Crippen molar-refractivity contribution in [2.75, 3.05) is 5.32 Å². The summed E-state index contributed by atoms with van der Waals surface area (Å²) in [5, 5.41) is 16.0. The zero-order chi connectivity index (χ0) is 22.5. The fraction of sp³-hybridized carbons (Fsp3) is 0.500. The summed E-state index contributed by atoms with van der Waals surface area (Å²) in [5.74, 6) is 1.10. The van der Waals surface area contributed by atoms with Crippen LogP contribution < -0.4 is 5.32 Å². The van der Waals surface area contributed by atoms with Gasteiger partial charge in [0.15, 0.2) is 5.82 Å². The van der Waals surface area contributed by atoms with Gasteiger partial charge in [-0.25, -0.2) is 9.78 Å². The average Bonchev–Trinajstić information content (AvgIpc) is 3.41. The largest absolute Gasteiger partial charge is 0.322 e. The van der Waals surface area contributed by atoms with Crippen LogP contribution in [-0.2, 0) is 7.05 Å². The van der Waals surface area contributed by atoms with Crippen molar-refractivity contribution < 1.29 is 4.79 Å². The molecule has 2 amide bonds. The standard InChI is InChI=1S/C22H27ClN8O/c1-4-19(30-12-25-26-13-30)22-9-14(2)7-16(10-22)31(22)21(32)27-15-5-6-18(23)17(8-15)20-24-11-29(3)28-20/h5-6,8,11-14,16,19H,4,7,9-10H2,1-3H3,(H,27,32)/t14-,16+,19+,22-/m0/s1. The number of likely N-dealkylation sites (tertiary alicyclic amines) is 1. The molecule has 9 nitrogen and oxygen atoms in total. The molecule has 1 aliphatic heterocycles. The molecular formula is C22H27ClN8O. The molecule has 2 bridgehead atoms. The van der Waals surface area contributed by atoms with Crippen molar-refractivity contribution in [3.8, 4) is 11.4 Å². The molecule has 2 aromatic heterocycles. The number of hydrogen-bond donors (Lipinski definition) is 1. The topological polar surface area (TPSA) is 93.8 Å². The van der Waals surface area contributed by atoms with E-state index >= 15 is 0 Å². The lowest BCUT2D eigenvalue weighted by atomic mass is 9.60. The molecular weight excluding hydrogens is 428 g/mol. The van der Waals surface area contributed by atoms with Crippen LogP contribution in [-0.4, -0.2) is 52.0 Å². The van der Waals surface area contributed by atoms with Crippen LogP contribution >= 0.6 is 11.6 Å². The lowest BCUT2D eigenvalue weighted by molar-refractivity contribution is -0.120. The van der Waals surface area contributed by atoms with Crippen LogP contribution in [0.2, 0.25) is 5.02 Å². The van der Waals surface area contributed by atoms with Crippen molar-refractivity contribution >= 4 is 23.3 Å². The monoisotopic (exact) mass is 454 g/mol. The van der Waals surface area contributed by atoms with Gasteiger partial charge in [0, 0.05) is 24.3 Å². The highest BCUT2D eigenvalue weighted by atomic mass is 35.5. The first-order chi connectivity index (χ1) is 15.4. The number of hydrogen-bond acceptors (Lipinski definition) is 5. The number of amides is 2. The lowest BCUT2D eigenvalue weighted by Gasteiger charge is -2.66. The first-order valence-corrected chi connectivity index (χ1v) is 11.4. The first kappa shape index (κ1) is 20.9. The van der Waals surface area contributed by atoms with Gasteiger partial charge in [-0.2, -0.15) is 5.10 Å². The third-order valence-electron chi connectivity index (χ3n) is 6.89. The van der Waals surface area contributed by atoms with Crippen LogP contribution in [0.15, 0.2) is 37.2 Å². The summed E-state index contributed by atoms with van der Waals surface area (Å²) < 4.78 is 3.68. The summed E-state index contributed by atoms with van der Waals surface area (Å²) in [4.78, 5) is 19.9. The Kier molecular flexibility index (Phi) is 5.16. The van der Waals surface area contributed by atoms with E-state index in [0.29, 0.717) is 28.0 Å². The van der Waals surface area contributed by atoms with Crippen molar-refractivity contribution in [2.24, 2.45) is 13.0 Å². The molecule has 4 atom stereocenters. The summed E-state index contributed by atoms with van der Waals surface area (Å²) in [6.07, 6.45) is 9.05. The number of piperidine rings is 1. The number of aromatic nitrogens is 6. The highest BCUT2D eigenvalue weighted by molar-refractivity contribution is 6.33. The molecule has 0 unspecified atom stereocenters. The third-order valence-corrected chi connectivity index (χ3v) is 7.22. The molecule has 3 aromatic rings. The van der Waals surface area contributed by atoms with Gasteiger partial charge < -0.3 is 14.8 Å². The van der Waals surface area contributed by atoms with Crippen LogP contribution in [0, 0.1) is 5.92 Å². The molecule has 3 heterocycles. The minimum Gasteiger partial charge on any atom is -0.315 e. The molecule has 168 valence electrons. The maximum Gasteiger partial charge on any atom is 0.322 e. The van der Waals surface area contributed by atoms with Crippen LogP contribution in [0.4, 0.5) is 10.5 Å². The molecule has 32 heavy (non-hydrogen) atoms. The number of urea groups is 1. The van der Waals surface area contributed by atoms with Gasteiger partial charge in [-0.3, -0.25) is 4.68 Å². The molecule has 2 fully saturated rings. The van der Waals surface area contributed by atoms with Crippen molar-refractivity contribution in [2.45, 2.75) is 57.2 Å². The second-order valence-corrected chi connectivity index (χ2v) is 9.48. The molecule has 1 aliphatic carbocycles. The SMILES string of the molecule is CC[C@@H](n1cnnc1)[C@]12C[C@@H](C)C[C@H](C1)N2C(=O)Nc1ccc(Cl)c(-c2ncn(C)n2)c1. The Morgan fingerprint density at radius 3 is 2.75 bits per heavy atom. The summed E-state index contributed by atoms with van der Waals surface area (Å²) in [6, 6.07) is 5.71. The number of aryl methyl sites for hydroxylation is 1. The Morgan fingerprint density at radius 2 is 2.06 bits per heavy atom. The molecule has 2 aliphatic rings. The van der Waals surface area contributed by atoms with Gasteiger partial charge in [-0.05, 0) is 49.8 Å². The molecule has 1 N–H and O–H groups in total. The van der Waals surface area contributed by atoms with Crippen molar-refractivity contribution in [3.05, 3.63) is 42.2 Å². The van der Waals surface area contributed by atoms with Crippen LogP contribution in [0.3, 0.4) is 0 Å². The van der Waals surface area contributed by atoms with Crippen LogP contribution in [0.1, 0.15) is 45.6 Å². The van der Waals surface area contributed by atoms with Crippen molar-refractivity contribution in [1.29, 1.82) is 0 Å². The lowest BCUT2D eigenvalue weighted by Crippen LogP contribution is -2.74. The van der Waals surface area contributed by atoms with E-state index in [1.807, 2.05) is 12.1 Å². The van der Waals surface area contributed by atoms with Gasteiger partial charge in [0.2, 0.25) is 0 Å². The number of fused-ring (bicyclic) bond motifs is 2. The van der Waals surface area contributed by atoms with E-state index in [9.17, 15) is 4.79 Å². The molecule has 0 spiro atoms. The molecule has 1 saturated heterocycles. The van der Waals surface area contributed by atoms with Crippen molar-refractivity contribution in [3.63, 3.8) is 0 Å². The highest BCUT2D eigenvalue weighted by Gasteiger charge is 2.61. The summed E-state index contributed by atoms with van der Waals surface area (Å²) in [5.41, 5.74) is 1.13. The predicted molar refractivity (Wildman–Crippen MR) is 121 cm³/mol. The first-order valence-electron chi connectivity index (χ1n) is 11.0. The van der Waals surface area contributed by atoms with E-state index in [1.54, 1.807) is 36.8 Å². The minimum absolute atomic E-state index is 0.0815. The molecule has 0 radical (unpaired) electrons. The van der Waals surface area contributed by atoms with E-state index in [4.69, 9.17) is 11.6 Å². The van der Waals surface area contributed by atoms with E-state index < -0.39 is 0 Å². The quantitative estimate of drug-likeness (QED) is 0.624. The number of rotatable bonds is 5. The third kappa shape index (κ3) is 3.35. The van der Waals surface area contributed by atoms with Gasteiger partial charge in [0.05, 0.1) is 16.6 Å². The number of halogens is 1. The smallest absolute Gasteiger partial charge is 0.315 e. The maximum atomic E-state index is 13.6. The zero-order valence-corrected chi connectivity index (χ0v) is 19.2. The molecule has 5 rings (SSSR count). The second-order valence-electron chi connectivity index (χ2n) is 9.08. The average molecular weight is 455 g/mol. The van der Waals surface area contributed by atoms with Gasteiger partial charge in [-0.1, -0.05) is 25.4 Å². The van der Waals surface area contributed by atoms with E-state index in [2.05, 4.69) is 48.9 Å². The Labute approximate surface area is 191 Å². The summed E-state index contributed by atoms with van der Waals surface area (Å²) in [7, 11) is 1.80. The Hall–Kier alpha value is -2.94. The van der Waals surface area contributed by atoms with Gasteiger partial charge in [-0.15, -0.1) is 10.2 Å². The van der Waals surface area contributed by atoms with Gasteiger partial charge in [0.25, 0.3) is 0 Å². The fourth-order valence-corrected chi connectivity index (χ4v) is 6.03. The number of carbonyl (C=O) groups excluding carboxylic acids is 1. The van der Waals surface area contributed by atoms with E-state index in [-0.39, 0.29) is 23.7 Å². The summed E-state index contributed by atoms with van der Waals surface area (Å²) in [6.45, 7) is 4.44. The molecule has 10 heteroatoms. The van der Waals surface area contributed by atoms with Crippen LogP contribution in [0.5, 0.6) is 0 Å². The number of carbonyl (C=O) groups is 1. The Balaban J connectivity index is 1.43. The van der Waals surface area contributed by atoms with E-state index in [1.165, 1.54) is 0 Å². The molecule has 1 aromatic carbocycles. The summed E-state index contributed by atoms with van der Waals surface area (Å²) >= 11 is 6.38. The molecule has 1 saturated carbocycles. The van der Waals surface area contributed by atoms with Crippen LogP contribution in [0.25, 0.3) is 11.4 Å². The minimum atomic E-state index is -0.235. The van der Waals surface area contributed by atoms with Crippen molar-refractivity contribution in [1.82, 2.24) is 34.4 Å². The Bertz CT molecular complexity index is 1130. The number of nitrogens with one attached hydrogen (secondary N) is 1. The zero-order valence-electron chi connectivity index (χ0n) is 18.4. The number of nitrogens with zero attached hydrogens (tertiary/aromatic N) is 7. The fourth-order valence-electron chi connectivity index (χ4n) is 5.83. The maximum absolute atomic E-state index is 13.6. The van der Waals surface area contributed by atoms with Gasteiger partial charge >= 0.3 is 6.03 Å². The van der Waals surface area contributed by atoms with Gasteiger partial charge in [0.1, 0.15) is 19.0 Å².